The number of amides is 1. The molecule has 1 heterocycles. The number of nitrogen functional groups attached to an aromatic ring is 1. The Kier molecular flexibility index (Phi) is 6.02. The van der Waals surface area contributed by atoms with Crippen molar-refractivity contribution in [2.24, 2.45) is 0 Å². The van der Waals surface area contributed by atoms with Crippen molar-refractivity contribution in [1.29, 1.82) is 10.5 Å². The Morgan fingerprint density at radius 1 is 1.25 bits per heavy atom. The first kappa shape index (κ1) is 17.6. The molecule has 0 unspecified atom stereocenters. The lowest BCUT2D eigenvalue weighted by Crippen LogP contribution is -2.24. The second-order valence-corrected chi connectivity index (χ2v) is 6.09. The van der Waals surface area contributed by atoms with Crippen LogP contribution < -0.4 is 11.1 Å². The molecule has 120 valence electrons. The molecule has 1 aromatic heterocycles. The molecule has 2 rings (SSSR count). The number of benzene rings is 1. The predicted molar refractivity (Wildman–Crippen MR) is 92.1 cm³/mol. The van der Waals surface area contributed by atoms with Crippen molar-refractivity contribution in [2.75, 3.05) is 11.5 Å². The van der Waals surface area contributed by atoms with Crippen molar-refractivity contribution in [3.05, 3.63) is 52.0 Å². The fraction of sp³-hybridized carbons (Fsp3) is 0.125. The Balaban J connectivity index is 1.94. The standard InChI is InChI=1S/C16H12ClN5OS/c17-13-3-1-10(2-4-13)8-21-14(23)9-24-16-12(7-19)5-11(6-18)15(20)22-16/h1-5H,8-9H2,(H2,20,22)(H,21,23). The topological polar surface area (TPSA) is 116 Å². The third-order valence-electron chi connectivity index (χ3n) is 3.00. The molecular weight excluding hydrogens is 346 g/mol. The molecule has 3 N–H and O–H groups in total. The van der Waals surface area contributed by atoms with Gasteiger partial charge in [0.1, 0.15) is 23.0 Å². The predicted octanol–water partition coefficient (Wildman–Crippen LogP) is 2.47. The Hall–Kier alpha value is -2.74. The molecule has 24 heavy (non-hydrogen) atoms. The molecule has 0 aliphatic carbocycles. The molecule has 1 aromatic carbocycles. The number of nitrogens with zero attached hydrogens (tertiary/aromatic N) is 3. The smallest absolute Gasteiger partial charge is 0.230 e. The highest BCUT2D eigenvalue weighted by Crippen LogP contribution is 2.23. The van der Waals surface area contributed by atoms with Crippen molar-refractivity contribution in [3.63, 3.8) is 0 Å². The lowest BCUT2D eigenvalue weighted by atomic mass is 10.2. The number of nitrogens with two attached hydrogens (primary N) is 1. The van der Waals surface area contributed by atoms with Crippen LogP contribution in [0, 0.1) is 22.7 Å². The van der Waals surface area contributed by atoms with Crippen molar-refractivity contribution in [3.8, 4) is 12.1 Å². The van der Waals surface area contributed by atoms with Crippen LogP contribution in [0.2, 0.25) is 5.02 Å². The average Bonchev–Trinajstić information content (AvgIpc) is 2.59. The minimum Gasteiger partial charge on any atom is -0.383 e. The molecule has 1 amide bonds. The first-order valence-corrected chi connectivity index (χ1v) is 8.14. The summed E-state index contributed by atoms with van der Waals surface area (Å²) >= 11 is 6.90. The number of carbonyl (C=O) groups excluding carboxylic acids is 1. The molecule has 0 atom stereocenters. The van der Waals surface area contributed by atoms with E-state index in [9.17, 15) is 4.79 Å². The molecule has 0 saturated carbocycles. The van der Waals surface area contributed by atoms with Crippen molar-refractivity contribution in [2.45, 2.75) is 11.6 Å². The minimum absolute atomic E-state index is 0.0422. The normalized spacial score (nSPS) is 9.79. The van der Waals surface area contributed by atoms with E-state index >= 15 is 0 Å². The van der Waals surface area contributed by atoms with Crippen molar-refractivity contribution >= 4 is 35.1 Å². The van der Waals surface area contributed by atoms with Crippen LogP contribution in [-0.2, 0) is 11.3 Å². The number of hydrogen-bond donors (Lipinski definition) is 2. The van der Waals surface area contributed by atoms with Crippen LogP contribution in [0.25, 0.3) is 0 Å². The molecule has 6 nitrogen and oxygen atoms in total. The maximum absolute atomic E-state index is 11.9. The largest absolute Gasteiger partial charge is 0.383 e. The van der Waals surface area contributed by atoms with E-state index in [0.29, 0.717) is 16.6 Å². The Bertz CT molecular complexity index is 839. The maximum atomic E-state index is 11.9. The van der Waals surface area contributed by atoms with Gasteiger partial charge in [0.15, 0.2) is 0 Å². The van der Waals surface area contributed by atoms with E-state index < -0.39 is 0 Å². The molecular formula is C16H12ClN5OS. The average molecular weight is 358 g/mol. The van der Waals surface area contributed by atoms with E-state index in [1.165, 1.54) is 6.07 Å². The minimum atomic E-state index is -0.205. The van der Waals surface area contributed by atoms with E-state index in [1.807, 2.05) is 24.3 Å². The van der Waals surface area contributed by atoms with Crippen molar-refractivity contribution < 1.29 is 4.79 Å². The second-order valence-electron chi connectivity index (χ2n) is 4.69. The highest BCUT2D eigenvalue weighted by Gasteiger charge is 2.12. The molecule has 0 fully saturated rings. The van der Waals surface area contributed by atoms with Gasteiger partial charge in [-0.25, -0.2) is 4.98 Å². The third kappa shape index (κ3) is 4.63. The Morgan fingerprint density at radius 3 is 2.54 bits per heavy atom. The number of aromatic nitrogens is 1. The van der Waals surface area contributed by atoms with Crippen LogP contribution in [0.5, 0.6) is 0 Å². The Morgan fingerprint density at radius 2 is 1.92 bits per heavy atom. The van der Waals surface area contributed by atoms with Crippen molar-refractivity contribution in [1.82, 2.24) is 10.3 Å². The Labute approximate surface area is 148 Å². The summed E-state index contributed by atoms with van der Waals surface area (Å²) in [6.45, 7) is 0.380. The van der Waals surface area contributed by atoms with Gasteiger partial charge in [0.05, 0.1) is 16.9 Å². The number of halogens is 1. The summed E-state index contributed by atoms with van der Waals surface area (Å²) in [5.41, 5.74) is 6.93. The summed E-state index contributed by atoms with van der Waals surface area (Å²) in [7, 11) is 0. The zero-order valence-corrected chi connectivity index (χ0v) is 14.0. The zero-order chi connectivity index (χ0) is 17.5. The molecule has 8 heteroatoms. The SMILES string of the molecule is N#Cc1cc(C#N)c(SCC(=O)NCc2ccc(Cl)cc2)nc1N. The summed E-state index contributed by atoms with van der Waals surface area (Å²) < 4.78 is 0. The summed E-state index contributed by atoms with van der Waals surface area (Å²) in [6.07, 6.45) is 0. The highest BCUT2D eigenvalue weighted by molar-refractivity contribution is 8.00. The van der Waals surface area contributed by atoms with Gasteiger partial charge in [0, 0.05) is 11.6 Å². The lowest BCUT2D eigenvalue weighted by Gasteiger charge is -2.07. The van der Waals surface area contributed by atoms with E-state index in [1.54, 1.807) is 12.1 Å². The molecule has 0 spiro atoms. The van der Waals surface area contributed by atoms with E-state index in [-0.39, 0.29) is 28.6 Å². The molecule has 0 aliphatic heterocycles. The van der Waals surface area contributed by atoms with Gasteiger partial charge in [-0.1, -0.05) is 35.5 Å². The molecule has 0 bridgehead atoms. The van der Waals surface area contributed by atoms with E-state index in [0.717, 1.165) is 17.3 Å². The van der Waals surface area contributed by atoms with Crippen LogP contribution in [0.15, 0.2) is 35.4 Å². The lowest BCUT2D eigenvalue weighted by molar-refractivity contribution is -0.118. The van der Waals surface area contributed by atoms with Crippen LogP contribution in [0.4, 0.5) is 5.82 Å². The van der Waals surface area contributed by atoms with Crippen LogP contribution >= 0.6 is 23.4 Å². The number of hydrogen-bond acceptors (Lipinski definition) is 6. The molecule has 2 aromatic rings. The van der Waals surface area contributed by atoms with Gasteiger partial charge in [-0.05, 0) is 23.8 Å². The summed E-state index contributed by atoms with van der Waals surface area (Å²) in [5.74, 6) is -0.0789. The molecule has 0 saturated heterocycles. The summed E-state index contributed by atoms with van der Waals surface area (Å²) in [5, 5.41) is 21.7. The zero-order valence-electron chi connectivity index (χ0n) is 12.4. The van der Waals surface area contributed by atoms with Gasteiger partial charge in [-0.3, -0.25) is 4.79 Å². The van der Waals surface area contributed by atoms with E-state index in [4.69, 9.17) is 27.9 Å². The summed E-state index contributed by atoms with van der Waals surface area (Å²) in [6, 6.07) is 12.3. The number of pyridine rings is 1. The van der Waals surface area contributed by atoms with Gasteiger partial charge < -0.3 is 11.1 Å². The highest BCUT2D eigenvalue weighted by atomic mass is 35.5. The number of nitriles is 2. The van der Waals surface area contributed by atoms with E-state index in [2.05, 4.69) is 10.3 Å². The first-order chi connectivity index (χ1) is 11.5. The second kappa shape index (κ2) is 8.21. The fourth-order valence-corrected chi connectivity index (χ4v) is 2.70. The monoisotopic (exact) mass is 357 g/mol. The van der Waals surface area contributed by atoms with Crippen LogP contribution in [0.1, 0.15) is 16.7 Å². The van der Waals surface area contributed by atoms with Crippen LogP contribution in [0.3, 0.4) is 0 Å². The molecule has 0 radical (unpaired) electrons. The van der Waals surface area contributed by atoms with Gasteiger partial charge in [-0.2, -0.15) is 10.5 Å². The van der Waals surface area contributed by atoms with Gasteiger partial charge in [0.25, 0.3) is 0 Å². The van der Waals surface area contributed by atoms with Gasteiger partial charge in [-0.15, -0.1) is 0 Å². The number of anilines is 1. The van der Waals surface area contributed by atoms with Crippen LogP contribution in [-0.4, -0.2) is 16.6 Å². The molecule has 0 aliphatic rings. The quantitative estimate of drug-likeness (QED) is 0.794. The maximum Gasteiger partial charge on any atom is 0.230 e. The van der Waals surface area contributed by atoms with Gasteiger partial charge >= 0.3 is 0 Å². The number of nitrogens with one attached hydrogen (secondary N) is 1. The fourth-order valence-electron chi connectivity index (χ4n) is 1.78. The van der Waals surface area contributed by atoms with Gasteiger partial charge in [0.2, 0.25) is 5.91 Å². The number of carbonyl (C=O) groups is 1. The number of thioether (sulfide) groups is 1. The summed E-state index contributed by atoms with van der Waals surface area (Å²) in [4.78, 5) is 15.9. The number of rotatable bonds is 5. The first-order valence-electron chi connectivity index (χ1n) is 6.78. The third-order valence-corrected chi connectivity index (χ3v) is 4.24.